The Bertz CT molecular complexity index is 1210. The highest BCUT2D eigenvalue weighted by Crippen LogP contribution is 2.19. The van der Waals surface area contributed by atoms with E-state index >= 15 is 0 Å². The second-order valence-electron chi connectivity index (χ2n) is 5.55. The lowest BCUT2D eigenvalue weighted by atomic mass is 10.1. The van der Waals surface area contributed by atoms with Crippen LogP contribution in [0.4, 0.5) is 4.39 Å². The van der Waals surface area contributed by atoms with Gasteiger partial charge in [0, 0.05) is 12.5 Å². The Morgan fingerprint density at radius 2 is 1.73 bits per heavy atom. The van der Waals surface area contributed by atoms with Crippen molar-refractivity contribution in [2.75, 3.05) is 6.26 Å². The maximum Gasteiger partial charge on any atom is 0.318 e. The van der Waals surface area contributed by atoms with E-state index in [0.717, 1.165) is 17.0 Å². The summed E-state index contributed by atoms with van der Waals surface area (Å²) in [4.78, 5) is 24.9. The zero-order valence-corrected chi connectivity index (χ0v) is 14.9. The third-order valence-electron chi connectivity index (χ3n) is 3.73. The average Bonchev–Trinajstić information content (AvgIpc) is 2.59. The molecular weight excluding hydrogens is 383 g/mol. The maximum absolute atomic E-state index is 13.3. The summed E-state index contributed by atoms with van der Waals surface area (Å²) in [6.45, 7) is 0. The molecule has 0 radical (unpaired) electrons. The summed E-state index contributed by atoms with van der Waals surface area (Å²) in [6.07, 6.45) is 2.39. The molecule has 0 saturated heterocycles. The third-order valence-corrected chi connectivity index (χ3v) is 5.15. The van der Waals surface area contributed by atoms with Crippen molar-refractivity contribution >= 4 is 21.4 Å². The van der Waals surface area contributed by atoms with Gasteiger partial charge in [-0.2, -0.15) is 0 Å². The van der Waals surface area contributed by atoms with Gasteiger partial charge >= 0.3 is 5.56 Å². The molecule has 3 rings (SSSR count). The molecule has 1 heterocycles. The van der Waals surface area contributed by atoms with Crippen molar-refractivity contribution in [3.8, 4) is 16.8 Å². The van der Waals surface area contributed by atoms with Crippen LogP contribution in [0.5, 0.6) is 0 Å². The number of hydrogen-bond donors (Lipinski definition) is 1. The van der Waals surface area contributed by atoms with E-state index < -0.39 is 26.6 Å². The van der Waals surface area contributed by atoms with E-state index in [0.29, 0.717) is 5.56 Å². The number of hydrogen-bond acceptors (Lipinski definition) is 4. The van der Waals surface area contributed by atoms with E-state index in [4.69, 9.17) is 11.6 Å². The predicted octanol–water partition coefficient (Wildman–Crippen LogP) is 2.39. The van der Waals surface area contributed by atoms with Crippen molar-refractivity contribution in [2.45, 2.75) is 4.90 Å². The molecule has 0 amide bonds. The predicted molar refractivity (Wildman–Crippen MR) is 96.2 cm³/mol. The van der Waals surface area contributed by atoms with Gasteiger partial charge < -0.3 is 0 Å². The van der Waals surface area contributed by atoms with Crippen LogP contribution in [0.25, 0.3) is 16.8 Å². The topological polar surface area (TPSA) is 89.0 Å². The minimum atomic E-state index is -3.37. The van der Waals surface area contributed by atoms with Crippen LogP contribution in [0.1, 0.15) is 0 Å². The van der Waals surface area contributed by atoms with E-state index in [2.05, 4.69) is 5.10 Å². The summed E-state index contributed by atoms with van der Waals surface area (Å²) in [5, 5.41) is 2.47. The minimum absolute atomic E-state index is 0.0829. The molecule has 6 nitrogen and oxygen atoms in total. The molecule has 0 unspecified atom stereocenters. The molecule has 134 valence electrons. The van der Waals surface area contributed by atoms with Gasteiger partial charge in [-0.1, -0.05) is 23.7 Å². The number of nitrogens with zero attached hydrogens (tertiary/aromatic N) is 1. The number of halogens is 2. The number of H-pyrrole nitrogens is 1. The van der Waals surface area contributed by atoms with Crippen LogP contribution in [0.3, 0.4) is 0 Å². The molecule has 2 aromatic carbocycles. The van der Waals surface area contributed by atoms with E-state index in [9.17, 15) is 22.4 Å². The molecule has 1 N–H and O–H groups in total. The first-order chi connectivity index (χ1) is 12.2. The Morgan fingerprint density at radius 1 is 1.08 bits per heavy atom. The lowest BCUT2D eigenvalue weighted by Crippen LogP contribution is -2.35. The highest BCUT2D eigenvalue weighted by atomic mass is 35.5. The fourth-order valence-corrected chi connectivity index (χ4v) is 3.19. The van der Waals surface area contributed by atoms with Crippen molar-refractivity contribution in [1.29, 1.82) is 0 Å². The normalized spacial score (nSPS) is 11.5. The third kappa shape index (κ3) is 3.33. The minimum Gasteiger partial charge on any atom is -0.298 e. The van der Waals surface area contributed by atoms with Gasteiger partial charge in [-0.05, 0) is 35.9 Å². The summed E-state index contributed by atoms with van der Waals surface area (Å²) >= 11 is 5.70. The van der Waals surface area contributed by atoms with E-state index in [-0.39, 0.29) is 21.2 Å². The fraction of sp³-hybridized carbons (Fsp3) is 0.0588. The first-order valence-electron chi connectivity index (χ1n) is 7.29. The lowest BCUT2D eigenvalue weighted by Gasteiger charge is -2.08. The van der Waals surface area contributed by atoms with Crippen molar-refractivity contribution in [3.63, 3.8) is 0 Å². The maximum atomic E-state index is 13.3. The van der Waals surface area contributed by atoms with Crippen LogP contribution in [0, 0.1) is 5.82 Å². The molecule has 26 heavy (non-hydrogen) atoms. The summed E-state index contributed by atoms with van der Waals surface area (Å²) in [6, 6.07) is 9.21. The summed E-state index contributed by atoms with van der Waals surface area (Å²) in [5.74, 6) is -0.645. The van der Waals surface area contributed by atoms with Crippen LogP contribution in [0.2, 0.25) is 5.02 Å². The monoisotopic (exact) mass is 394 g/mol. The highest BCUT2D eigenvalue weighted by molar-refractivity contribution is 7.90. The Balaban J connectivity index is 2.09. The van der Waals surface area contributed by atoms with Gasteiger partial charge in [-0.15, -0.1) is 0 Å². The van der Waals surface area contributed by atoms with Gasteiger partial charge in [0.2, 0.25) is 0 Å². The van der Waals surface area contributed by atoms with Crippen LogP contribution in [-0.2, 0) is 9.84 Å². The van der Waals surface area contributed by atoms with Crippen LogP contribution in [0.15, 0.2) is 63.1 Å². The molecule has 0 aliphatic carbocycles. The van der Waals surface area contributed by atoms with Gasteiger partial charge in [0.15, 0.2) is 9.84 Å². The van der Waals surface area contributed by atoms with E-state index in [1.54, 1.807) is 0 Å². The van der Waals surface area contributed by atoms with Gasteiger partial charge in [-0.3, -0.25) is 14.7 Å². The van der Waals surface area contributed by atoms with Gasteiger partial charge in [0.05, 0.1) is 21.2 Å². The zero-order valence-electron chi connectivity index (χ0n) is 13.4. The molecule has 9 heteroatoms. The quantitative estimate of drug-likeness (QED) is 0.691. The second kappa shape index (κ2) is 6.54. The Morgan fingerprint density at radius 3 is 2.31 bits per heavy atom. The number of benzene rings is 2. The molecule has 0 fully saturated rings. The first-order valence-corrected chi connectivity index (χ1v) is 9.56. The summed E-state index contributed by atoms with van der Waals surface area (Å²) in [7, 11) is -3.37. The molecule has 1 aromatic heterocycles. The number of sulfone groups is 1. The number of nitrogens with one attached hydrogen (secondary N) is 1. The summed E-state index contributed by atoms with van der Waals surface area (Å²) < 4.78 is 37.2. The Labute approximate surface area is 152 Å². The first kappa shape index (κ1) is 18.1. The molecule has 0 aliphatic heterocycles. The van der Waals surface area contributed by atoms with Crippen molar-refractivity contribution in [2.24, 2.45) is 0 Å². The Kier molecular flexibility index (Phi) is 4.55. The zero-order chi connectivity index (χ0) is 19.1. The second-order valence-corrected chi connectivity index (χ2v) is 7.97. The molecule has 0 spiro atoms. The van der Waals surface area contributed by atoms with Crippen LogP contribution in [-0.4, -0.2) is 24.5 Å². The average molecular weight is 395 g/mol. The highest BCUT2D eigenvalue weighted by Gasteiger charge is 2.13. The Hall–Kier alpha value is -2.71. The standard InChI is InChI=1S/C17H12ClFN2O4S/c1-26(24,25)12-5-2-10(3-6-12)13-9-20-21(17(23)16(13)22)11-4-7-15(19)14(18)8-11/h2-9,20H,1H3. The number of aromatic amines is 1. The molecule has 0 saturated carbocycles. The lowest BCUT2D eigenvalue weighted by molar-refractivity contribution is 0.602. The van der Waals surface area contributed by atoms with E-state index in [1.165, 1.54) is 42.6 Å². The van der Waals surface area contributed by atoms with E-state index in [1.807, 2.05) is 0 Å². The van der Waals surface area contributed by atoms with Crippen molar-refractivity contribution in [3.05, 3.63) is 80.1 Å². The molecule has 3 aromatic rings. The molecule has 0 aliphatic rings. The molecule has 0 atom stereocenters. The van der Waals surface area contributed by atoms with Crippen LogP contribution >= 0.6 is 11.6 Å². The smallest absolute Gasteiger partial charge is 0.298 e. The molecule has 0 bridgehead atoms. The SMILES string of the molecule is CS(=O)(=O)c1ccc(-c2c[nH]n(-c3ccc(F)c(Cl)c3)c(=O)c2=O)cc1. The summed E-state index contributed by atoms with van der Waals surface area (Å²) in [5.41, 5.74) is -0.995. The molecular formula is C17H12ClFN2O4S. The van der Waals surface area contributed by atoms with Crippen molar-refractivity contribution in [1.82, 2.24) is 9.78 Å². The number of rotatable bonds is 3. The van der Waals surface area contributed by atoms with Gasteiger partial charge in [-0.25, -0.2) is 17.5 Å². The van der Waals surface area contributed by atoms with Gasteiger partial charge in [0.1, 0.15) is 5.82 Å². The largest absolute Gasteiger partial charge is 0.318 e. The van der Waals surface area contributed by atoms with Crippen molar-refractivity contribution < 1.29 is 12.8 Å². The van der Waals surface area contributed by atoms with Gasteiger partial charge in [0.25, 0.3) is 5.43 Å². The van der Waals surface area contributed by atoms with Crippen LogP contribution < -0.4 is 11.0 Å². The fourth-order valence-electron chi connectivity index (χ4n) is 2.38. The number of aromatic nitrogens is 2.